The molecule has 1 aliphatic rings. The summed E-state index contributed by atoms with van der Waals surface area (Å²) in [6, 6.07) is 6.28. The molecule has 0 fully saturated rings. The van der Waals surface area contributed by atoms with Crippen LogP contribution in [0.1, 0.15) is 11.1 Å². The number of nitrogens with zero attached hydrogens (tertiary/aromatic N) is 1. The van der Waals surface area contributed by atoms with Crippen LogP contribution in [0.3, 0.4) is 0 Å². The second-order valence-electron chi connectivity index (χ2n) is 3.79. The van der Waals surface area contributed by atoms with Crippen LogP contribution in [-0.4, -0.2) is 30.9 Å². The lowest BCUT2D eigenvalue weighted by atomic mass is 10.1. The Labute approximate surface area is 99.7 Å². The summed E-state index contributed by atoms with van der Waals surface area (Å²) in [5, 5.41) is 1.26. The van der Waals surface area contributed by atoms with Crippen molar-refractivity contribution < 1.29 is 9.63 Å². The molecule has 0 radical (unpaired) electrons. The third-order valence-corrected chi connectivity index (χ3v) is 3.84. The minimum Gasteiger partial charge on any atom is -0.275 e. The van der Waals surface area contributed by atoms with Crippen molar-refractivity contribution in [3.63, 3.8) is 0 Å². The Kier molecular flexibility index (Phi) is 3.51. The zero-order valence-electron chi connectivity index (χ0n) is 9.53. The van der Waals surface area contributed by atoms with Crippen LogP contribution in [0.2, 0.25) is 0 Å². The van der Waals surface area contributed by atoms with Gasteiger partial charge in [-0.25, -0.2) is 5.06 Å². The highest BCUT2D eigenvalue weighted by Gasteiger charge is 2.14. The number of amides is 1. The van der Waals surface area contributed by atoms with Gasteiger partial charge in [0, 0.05) is 17.7 Å². The molecule has 0 aromatic heterocycles. The van der Waals surface area contributed by atoms with Gasteiger partial charge in [-0.05, 0) is 23.6 Å². The number of carbonyl (C=O) groups excluding carboxylic acids is 1. The summed E-state index contributed by atoms with van der Waals surface area (Å²) in [7, 11) is 3.13. The largest absolute Gasteiger partial charge is 0.275 e. The highest BCUT2D eigenvalue weighted by atomic mass is 32.2. The SMILES string of the molecule is CON(C)C(=O)Cc1ccc2c(c1)SCC2. The molecule has 0 N–H and O–H groups in total. The van der Waals surface area contributed by atoms with E-state index in [1.807, 2.05) is 17.8 Å². The van der Waals surface area contributed by atoms with E-state index in [2.05, 4.69) is 12.1 Å². The number of fused-ring (bicyclic) bond motifs is 1. The minimum absolute atomic E-state index is 0.0227. The molecule has 0 unspecified atom stereocenters. The van der Waals surface area contributed by atoms with Gasteiger partial charge in [0.05, 0.1) is 13.5 Å². The van der Waals surface area contributed by atoms with E-state index in [0.29, 0.717) is 6.42 Å². The average molecular weight is 237 g/mol. The van der Waals surface area contributed by atoms with Gasteiger partial charge in [0.25, 0.3) is 0 Å². The second-order valence-corrected chi connectivity index (χ2v) is 4.93. The van der Waals surface area contributed by atoms with Crippen LogP contribution in [0.25, 0.3) is 0 Å². The van der Waals surface area contributed by atoms with Crippen molar-refractivity contribution in [2.75, 3.05) is 19.9 Å². The summed E-state index contributed by atoms with van der Waals surface area (Å²) in [5.74, 6) is 1.13. The van der Waals surface area contributed by atoms with Crippen molar-refractivity contribution in [2.45, 2.75) is 17.7 Å². The lowest BCUT2D eigenvalue weighted by molar-refractivity contribution is -0.167. The van der Waals surface area contributed by atoms with Gasteiger partial charge in [-0.15, -0.1) is 11.8 Å². The molecule has 86 valence electrons. The molecule has 1 aromatic carbocycles. The molecular weight excluding hydrogens is 222 g/mol. The quantitative estimate of drug-likeness (QED) is 0.752. The smallest absolute Gasteiger partial charge is 0.250 e. The lowest BCUT2D eigenvalue weighted by Crippen LogP contribution is -2.26. The molecule has 1 heterocycles. The van der Waals surface area contributed by atoms with Crippen LogP contribution in [0.4, 0.5) is 0 Å². The van der Waals surface area contributed by atoms with Crippen molar-refractivity contribution in [1.29, 1.82) is 0 Å². The molecule has 1 amide bonds. The number of hydroxylamine groups is 2. The Morgan fingerprint density at radius 1 is 1.56 bits per heavy atom. The number of hydrogen-bond acceptors (Lipinski definition) is 3. The lowest BCUT2D eigenvalue weighted by Gasteiger charge is -2.13. The van der Waals surface area contributed by atoms with Gasteiger partial charge in [-0.2, -0.15) is 0 Å². The van der Waals surface area contributed by atoms with Crippen molar-refractivity contribution in [2.24, 2.45) is 0 Å². The molecule has 0 saturated heterocycles. The zero-order valence-corrected chi connectivity index (χ0v) is 10.3. The molecule has 4 heteroatoms. The molecule has 1 aromatic rings. The zero-order chi connectivity index (χ0) is 11.5. The molecular formula is C12H15NO2S. The van der Waals surface area contributed by atoms with E-state index in [-0.39, 0.29) is 5.91 Å². The summed E-state index contributed by atoms with van der Waals surface area (Å²) < 4.78 is 0. The van der Waals surface area contributed by atoms with E-state index in [4.69, 9.17) is 4.84 Å². The Morgan fingerprint density at radius 3 is 3.12 bits per heavy atom. The van der Waals surface area contributed by atoms with Gasteiger partial charge in [0.15, 0.2) is 0 Å². The number of benzene rings is 1. The molecule has 2 rings (SSSR count). The first-order valence-electron chi connectivity index (χ1n) is 5.26. The number of likely N-dealkylation sites (N-methyl/N-ethyl adjacent to an activating group) is 1. The summed E-state index contributed by atoms with van der Waals surface area (Å²) in [6.07, 6.45) is 1.55. The molecule has 0 aliphatic carbocycles. The monoisotopic (exact) mass is 237 g/mol. The van der Waals surface area contributed by atoms with Crippen molar-refractivity contribution in [3.8, 4) is 0 Å². The molecule has 3 nitrogen and oxygen atoms in total. The number of aryl methyl sites for hydroxylation is 1. The first-order valence-corrected chi connectivity index (χ1v) is 6.24. The first kappa shape index (κ1) is 11.5. The number of thioether (sulfide) groups is 1. The minimum atomic E-state index is -0.0227. The maximum absolute atomic E-state index is 11.6. The van der Waals surface area contributed by atoms with E-state index in [9.17, 15) is 4.79 Å². The normalized spacial score (nSPS) is 13.6. The summed E-state index contributed by atoms with van der Waals surface area (Å²) in [6.45, 7) is 0. The van der Waals surface area contributed by atoms with E-state index < -0.39 is 0 Å². The van der Waals surface area contributed by atoms with E-state index in [1.54, 1.807) is 7.05 Å². The predicted octanol–water partition coefficient (Wildman–Crippen LogP) is 1.90. The molecule has 1 aliphatic heterocycles. The summed E-state index contributed by atoms with van der Waals surface area (Å²) in [5.41, 5.74) is 2.46. The van der Waals surface area contributed by atoms with Crippen molar-refractivity contribution in [1.82, 2.24) is 5.06 Å². The van der Waals surface area contributed by atoms with E-state index in [0.717, 1.165) is 17.7 Å². The number of rotatable bonds is 3. The van der Waals surface area contributed by atoms with Gasteiger partial charge in [-0.3, -0.25) is 9.63 Å². The topological polar surface area (TPSA) is 29.5 Å². The standard InChI is InChI=1S/C12H15NO2S/c1-13(15-2)12(14)8-9-3-4-10-5-6-16-11(10)7-9/h3-4,7H,5-6,8H2,1-2H3. The van der Waals surface area contributed by atoms with E-state index >= 15 is 0 Å². The molecule has 0 bridgehead atoms. The van der Waals surface area contributed by atoms with Gasteiger partial charge >= 0.3 is 0 Å². The Bertz CT molecular complexity index is 406. The molecule has 16 heavy (non-hydrogen) atoms. The average Bonchev–Trinajstić information content (AvgIpc) is 2.75. The maximum Gasteiger partial charge on any atom is 0.250 e. The molecule has 0 spiro atoms. The molecule has 0 saturated carbocycles. The van der Waals surface area contributed by atoms with Crippen LogP contribution in [0.15, 0.2) is 23.1 Å². The second kappa shape index (κ2) is 4.89. The van der Waals surface area contributed by atoms with Crippen molar-refractivity contribution >= 4 is 17.7 Å². The van der Waals surface area contributed by atoms with Crippen LogP contribution < -0.4 is 0 Å². The van der Waals surface area contributed by atoms with Crippen LogP contribution in [0.5, 0.6) is 0 Å². The van der Waals surface area contributed by atoms with Gasteiger partial charge < -0.3 is 0 Å². The number of hydrogen-bond donors (Lipinski definition) is 0. The maximum atomic E-state index is 11.6. The van der Waals surface area contributed by atoms with Crippen LogP contribution in [-0.2, 0) is 22.5 Å². The number of carbonyl (C=O) groups is 1. The fourth-order valence-electron chi connectivity index (χ4n) is 1.71. The van der Waals surface area contributed by atoms with Gasteiger partial charge in [0.2, 0.25) is 5.91 Å². The highest BCUT2D eigenvalue weighted by Crippen LogP contribution is 2.31. The third kappa shape index (κ3) is 2.39. The van der Waals surface area contributed by atoms with E-state index in [1.165, 1.54) is 22.6 Å². The van der Waals surface area contributed by atoms with Gasteiger partial charge in [-0.1, -0.05) is 12.1 Å². The van der Waals surface area contributed by atoms with Crippen LogP contribution in [0, 0.1) is 0 Å². The Hall–Kier alpha value is -1.00. The highest BCUT2D eigenvalue weighted by molar-refractivity contribution is 7.99. The molecule has 0 atom stereocenters. The van der Waals surface area contributed by atoms with Gasteiger partial charge in [0.1, 0.15) is 0 Å². The fraction of sp³-hybridized carbons (Fsp3) is 0.417. The van der Waals surface area contributed by atoms with Crippen molar-refractivity contribution in [3.05, 3.63) is 29.3 Å². The summed E-state index contributed by atoms with van der Waals surface area (Å²) >= 11 is 1.87. The predicted molar refractivity (Wildman–Crippen MR) is 64.4 cm³/mol. The van der Waals surface area contributed by atoms with Crippen LogP contribution >= 0.6 is 11.8 Å². The third-order valence-electron chi connectivity index (χ3n) is 2.74. The summed E-state index contributed by atoms with van der Waals surface area (Å²) in [4.78, 5) is 17.8. The first-order chi connectivity index (χ1) is 7.70. The fourth-order valence-corrected chi connectivity index (χ4v) is 2.84. The Balaban J connectivity index is 2.08. The Morgan fingerprint density at radius 2 is 2.38 bits per heavy atom.